The summed E-state index contributed by atoms with van der Waals surface area (Å²) in [6.07, 6.45) is 4.93. The minimum Gasteiger partial charge on any atom is -0.351 e. The Labute approximate surface area is 139 Å². The molecule has 0 saturated carbocycles. The molecule has 0 radical (unpaired) electrons. The van der Waals surface area contributed by atoms with Gasteiger partial charge in [-0.3, -0.25) is 4.79 Å². The van der Waals surface area contributed by atoms with Gasteiger partial charge in [0.2, 0.25) is 0 Å². The number of hydrogen-bond acceptors (Lipinski definition) is 4. The summed E-state index contributed by atoms with van der Waals surface area (Å²) in [6.45, 7) is 2.80. The Hall–Kier alpha value is -1.79. The van der Waals surface area contributed by atoms with Gasteiger partial charge in [-0.25, -0.2) is 9.37 Å². The Morgan fingerprint density at radius 2 is 2.30 bits per heavy atom. The van der Waals surface area contributed by atoms with E-state index in [1.54, 1.807) is 18.2 Å². The normalized spacial score (nSPS) is 17.9. The van der Waals surface area contributed by atoms with Crippen molar-refractivity contribution in [2.45, 2.75) is 19.3 Å². The Morgan fingerprint density at radius 1 is 1.43 bits per heavy atom. The molecule has 23 heavy (non-hydrogen) atoms. The number of benzene rings is 1. The first-order valence-corrected chi connectivity index (χ1v) is 8.75. The third kappa shape index (κ3) is 4.14. The number of rotatable bonds is 5. The highest BCUT2D eigenvalue weighted by atomic mass is 32.1. The van der Waals surface area contributed by atoms with Crippen molar-refractivity contribution in [3.05, 3.63) is 41.2 Å². The van der Waals surface area contributed by atoms with Crippen LogP contribution in [-0.4, -0.2) is 30.5 Å². The van der Waals surface area contributed by atoms with Gasteiger partial charge in [0, 0.05) is 12.1 Å². The highest BCUT2D eigenvalue weighted by Gasteiger charge is 2.15. The quantitative estimate of drug-likeness (QED) is 0.884. The van der Waals surface area contributed by atoms with E-state index in [1.165, 1.54) is 36.4 Å². The van der Waals surface area contributed by atoms with Crippen LogP contribution in [0.1, 0.15) is 28.9 Å². The topological polar surface area (TPSA) is 54.0 Å². The molecule has 1 aromatic heterocycles. The maximum Gasteiger partial charge on any atom is 0.263 e. The molecule has 3 rings (SSSR count). The van der Waals surface area contributed by atoms with E-state index in [-0.39, 0.29) is 11.7 Å². The fourth-order valence-electron chi connectivity index (χ4n) is 2.79. The van der Waals surface area contributed by atoms with E-state index in [0.29, 0.717) is 27.9 Å². The molecule has 0 aliphatic carbocycles. The van der Waals surface area contributed by atoms with Crippen LogP contribution in [0.4, 0.5) is 4.39 Å². The highest BCUT2D eigenvalue weighted by Crippen LogP contribution is 2.27. The number of nitrogens with one attached hydrogen (secondary N) is 2. The average molecular weight is 333 g/mol. The predicted octanol–water partition coefficient (Wildman–Crippen LogP) is 3.07. The van der Waals surface area contributed by atoms with E-state index in [0.717, 1.165) is 19.5 Å². The summed E-state index contributed by atoms with van der Waals surface area (Å²) >= 11 is 1.22. The average Bonchev–Trinajstić information content (AvgIpc) is 3.06. The van der Waals surface area contributed by atoms with Crippen molar-refractivity contribution in [1.82, 2.24) is 15.6 Å². The monoisotopic (exact) mass is 333 g/mol. The number of nitrogens with zero attached hydrogens (tertiary/aromatic N) is 1. The van der Waals surface area contributed by atoms with Crippen LogP contribution in [0.2, 0.25) is 0 Å². The lowest BCUT2D eigenvalue weighted by Gasteiger charge is -2.22. The van der Waals surface area contributed by atoms with Crippen LogP contribution in [0.25, 0.3) is 10.6 Å². The number of thiazole rings is 1. The van der Waals surface area contributed by atoms with Crippen LogP contribution in [0.5, 0.6) is 0 Å². The molecule has 1 amide bonds. The second kappa shape index (κ2) is 7.66. The summed E-state index contributed by atoms with van der Waals surface area (Å²) in [5.41, 5.74) is 0.435. The lowest BCUT2D eigenvalue weighted by Crippen LogP contribution is -2.33. The number of piperidine rings is 1. The van der Waals surface area contributed by atoms with Crippen LogP contribution in [0, 0.1) is 11.7 Å². The van der Waals surface area contributed by atoms with Gasteiger partial charge >= 0.3 is 0 Å². The van der Waals surface area contributed by atoms with E-state index >= 15 is 0 Å². The number of aromatic nitrogens is 1. The van der Waals surface area contributed by atoms with Crippen LogP contribution >= 0.6 is 11.3 Å². The number of carbonyl (C=O) groups is 1. The molecule has 0 spiro atoms. The fourth-order valence-corrected chi connectivity index (χ4v) is 3.65. The van der Waals surface area contributed by atoms with Gasteiger partial charge in [-0.1, -0.05) is 12.1 Å². The van der Waals surface area contributed by atoms with Crippen molar-refractivity contribution in [3.63, 3.8) is 0 Å². The van der Waals surface area contributed by atoms with Gasteiger partial charge < -0.3 is 10.6 Å². The Morgan fingerprint density at radius 3 is 3.09 bits per heavy atom. The summed E-state index contributed by atoms with van der Waals surface area (Å²) in [4.78, 5) is 16.9. The lowest BCUT2D eigenvalue weighted by molar-refractivity contribution is 0.0954. The van der Waals surface area contributed by atoms with Crippen molar-refractivity contribution < 1.29 is 9.18 Å². The molecule has 4 nitrogen and oxygen atoms in total. The molecule has 122 valence electrons. The fraction of sp³-hybridized carbons (Fsp3) is 0.412. The smallest absolute Gasteiger partial charge is 0.263 e. The third-order valence-corrected chi connectivity index (χ3v) is 5.10. The largest absolute Gasteiger partial charge is 0.351 e. The Kier molecular flexibility index (Phi) is 5.35. The predicted molar refractivity (Wildman–Crippen MR) is 90.1 cm³/mol. The van der Waals surface area contributed by atoms with E-state index in [9.17, 15) is 9.18 Å². The van der Waals surface area contributed by atoms with Gasteiger partial charge in [0.1, 0.15) is 15.7 Å². The van der Waals surface area contributed by atoms with Crippen LogP contribution in [0.15, 0.2) is 30.5 Å². The summed E-state index contributed by atoms with van der Waals surface area (Å²) in [5.74, 6) is 0.187. The van der Waals surface area contributed by atoms with Crippen LogP contribution < -0.4 is 10.6 Å². The number of amides is 1. The van der Waals surface area contributed by atoms with Crippen molar-refractivity contribution in [2.24, 2.45) is 5.92 Å². The zero-order chi connectivity index (χ0) is 16.1. The van der Waals surface area contributed by atoms with Gasteiger partial charge in [-0.15, -0.1) is 11.3 Å². The molecule has 1 saturated heterocycles. The van der Waals surface area contributed by atoms with E-state index in [2.05, 4.69) is 15.6 Å². The SMILES string of the molecule is O=C(NCCC1CCCNC1)c1cnc(-c2ccccc2F)s1. The molecule has 1 aliphatic heterocycles. The summed E-state index contributed by atoms with van der Waals surface area (Å²) in [7, 11) is 0. The van der Waals surface area contributed by atoms with Gasteiger partial charge in [-0.05, 0) is 50.4 Å². The van der Waals surface area contributed by atoms with Crippen molar-refractivity contribution in [3.8, 4) is 10.6 Å². The second-order valence-electron chi connectivity index (χ2n) is 5.77. The number of carbonyl (C=O) groups excluding carboxylic acids is 1. The molecule has 2 N–H and O–H groups in total. The Bertz CT molecular complexity index is 667. The molecule has 1 atom stereocenters. The van der Waals surface area contributed by atoms with Crippen LogP contribution in [0.3, 0.4) is 0 Å². The number of hydrogen-bond donors (Lipinski definition) is 2. The molecule has 2 aromatic rings. The van der Waals surface area contributed by atoms with Gasteiger partial charge in [0.25, 0.3) is 5.91 Å². The summed E-state index contributed by atoms with van der Waals surface area (Å²) in [5, 5.41) is 6.84. The molecule has 0 bridgehead atoms. The molecule has 6 heteroatoms. The lowest BCUT2D eigenvalue weighted by atomic mass is 9.96. The minimum absolute atomic E-state index is 0.131. The third-order valence-electron chi connectivity index (χ3n) is 4.07. The van der Waals surface area contributed by atoms with Crippen LogP contribution in [-0.2, 0) is 0 Å². The maximum atomic E-state index is 13.8. The van der Waals surface area contributed by atoms with Crippen molar-refractivity contribution in [2.75, 3.05) is 19.6 Å². The molecule has 2 heterocycles. The van der Waals surface area contributed by atoms with Gasteiger partial charge in [0.05, 0.1) is 6.20 Å². The molecule has 1 fully saturated rings. The molecular formula is C17H20FN3OS. The van der Waals surface area contributed by atoms with Crippen molar-refractivity contribution in [1.29, 1.82) is 0 Å². The second-order valence-corrected chi connectivity index (χ2v) is 6.80. The standard InChI is InChI=1S/C17H20FN3OS/c18-14-6-2-1-5-13(14)17-21-11-15(23-17)16(22)20-9-7-12-4-3-8-19-10-12/h1-2,5-6,11-12,19H,3-4,7-10H2,(H,20,22). The van der Waals surface area contributed by atoms with Gasteiger partial charge in [-0.2, -0.15) is 0 Å². The van der Waals surface area contributed by atoms with Gasteiger partial charge in [0.15, 0.2) is 0 Å². The highest BCUT2D eigenvalue weighted by molar-refractivity contribution is 7.16. The zero-order valence-electron chi connectivity index (χ0n) is 12.8. The van der Waals surface area contributed by atoms with Crippen molar-refractivity contribution >= 4 is 17.2 Å². The molecule has 1 unspecified atom stereocenters. The summed E-state index contributed by atoms with van der Waals surface area (Å²) < 4.78 is 13.8. The zero-order valence-corrected chi connectivity index (χ0v) is 13.7. The number of halogens is 1. The first-order chi connectivity index (χ1) is 11.2. The first kappa shape index (κ1) is 16.1. The van der Waals surface area contributed by atoms with E-state index < -0.39 is 0 Å². The molecule has 1 aromatic carbocycles. The minimum atomic E-state index is -0.321. The first-order valence-electron chi connectivity index (χ1n) is 7.93. The molecule has 1 aliphatic rings. The summed E-state index contributed by atoms with van der Waals surface area (Å²) in [6, 6.07) is 6.47. The molecular weight excluding hydrogens is 313 g/mol. The van der Waals surface area contributed by atoms with E-state index in [4.69, 9.17) is 0 Å². The van der Waals surface area contributed by atoms with E-state index in [1.807, 2.05) is 0 Å². The maximum absolute atomic E-state index is 13.8. The Balaban J connectivity index is 1.55.